The highest BCUT2D eigenvalue weighted by Crippen LogP contribution is 2.28. The number of nitrogen functional groups attached to an aromatic ring is 1. The average molecular weight is 270 g/mol. The van der Waals surface area contributed by atoms with Crippen LogP contribution in [0, 0.1) is 0 Å². The van der Waals surface area contributed by atoms with Crippen LogP contribution in [0.15, 0.2) is 0 Å². The van der Waals surface area contributed by atoms with Crippen molar-refractivity contribution in [3.05, 3.63) is 4.88 Å². The second-order valence-corrected chi connectivity index (χ2v) is 4.97. The zero-order chi connectivity index (χ0) is 13.0. The van der Waals surface area contributed by atoms with Gasteiger partial charge in [0.05, 0.1) is 0 Å². The number of thiazole rings is 1. The molecule has 1 fully saturated rings. The number of rotatable bonds is 4. The van der Waals surface area contributed by atoms with Gasteiger partial charge in [-0.05, 0) is 0 Å². The Balaban J connectivity index is 2.08. The summed E-state index contributed by atoms with van der Waals surface area (Å²) in [4.78, 5) is 18.7. The number of aromatic nitrogens is 1. The van der Waals surface area contributed by atoms with Crippen molar-refractivity contribution in [2.45, 2.75) is 0 Å². The number of nitrogens with two attached hydrogens (primary N) is 2. The van der Waals surface area contributed by atoms with Crippen LogP contribution in [0.25, 0.3) is 0 Å². The maximum Gasteiger partial charge on any atom is 0.265 e. The molecule has 0 saturated carbocycles. The minimum absolute atomic E-state index is 0.197. The van der Waals surface area contributed by atoms with E-state index in [4.69, 9.17) is 11.5 Å². The first-order valence-electron chi connectivity index (χ1n) is 5.92. The van der Waals surface area contributed by atoms with Crippen LogP contribution in [0.4, 0.5) is 10.9 Å². The van der Waals surface area contributed by atoms with Gasteiger partial charge in [-0.2, -0.15) is 0 Å². The van der Waals surface area contributed by atoms with Crippen LogP contribution in [0.5, 0.6) is 0 Å². The van der Waals surface area contributed by atoms with Gasteiger partial charge in [0.15, 0.2) is 5.13 Å². The van der Waals surface area contributed by atoms with Gasteiger partial charge >= 0.3 is 0 Å². The number of hydrogen-bond acceptors (Lipinski definition) is 7. The maximum absolute atomic E-state index is 11.8. The molecule has 0 aromatic carbocycles. The summed E-state index contributed by atoms with van der Waals surface area (Å²) in [7, 11) is 0. The van der Waals surface area contributed by atoms with Gasteiger partial charge < -0.3 is 27.0 Å². The Morgan fingerprint density at radius 1 is 1.50 bits per heavy atom. The van der Waals surface area contributed by atoms with Gasteiger partial charge in [0.2, 0.25) is 0 Å². The average Bonchev–Trinajstić information content (AvgIpc) is 2.79. The van der Waals surface area contributed by atoms with E-state index in [-0.39, 0.29) is 5.91 Å². The molecule has 0 atom stereocenters. The lowest BCUT2D eigenvalue weighted by atomic mass is 10.4. The minimum Gasteiger partial charge on any atom is -0.382 e. The largest absolute Gasteiger partial charge is 0.382 e. The van der Waals surface area contributed by atoms with Crippen molar-refractivity contribution >= 4 is 28.2 Å². The smallest absolute Gasteiger partial charge is 0.265 e. The Kier molecular flexibility index (Phi) is 4.34. The van der Waals surface area contributed by atoms with Crippen LogP contribution in [-0.2, 0) is 0 Å². The monoisotopic (exact) mass is 270 g/mol. The van der Waals surface area contributed by atoms with Gasteiger partial charge in [0.25, 0.3) is 5.91 Å². The summed E-state index contributed by atoms with van der Waals surface area (Å²) < 4.78 is 0. The van der Waals surface area contributed by atoms with E-state index in [9.17, 15) is 4.79 Å². The van der Waals surface area contributed by atoms with Crippen LogP contribution >= 0.6 is 11.3 Å². The van der Waals surface area contributed by atoms with Crippen molar-refractivity contribution in [3.8, 4) is 0 Å². The summed E-state index contributed by atoms with van der Waals surface area (Å²) in [5.74, 6) is 0.0971. The molecule has 7 nitrogen and oxygen atoms in total. The third-order valence-electron chi connectivity index (χ3n) is 2.67. The fraction of sp³-hybridized carbons (Fsp3) is 0.600. The van der Waals surface area contributed by atoms with E-state index in [1.165, 1.54) is 11.3 Å². The number of hydrogen-bond donors (Lipinski definition) is 4. The Morgan fingerprint density at radius 3 is 2.89 bits per heavy atom. The lowest BCUT2D eigenvalue weighted by Crippen LogP contribution is -2.43. The van der Waals surface area contributed by atoms with Gasteiger partial charge in [-0.1, -0.05) is 11.3 Å². The summed E-state index contributed by atoms with van der Waals surface area (Å²) in [6.07, 6.45) is 0. The molecule has 1 aromatic rings. The first-order chi connectivity index (χ1) is 8.72. The molecule has 0 bridgehead atoms. The fourth-order valence-corrected chi connectivity index (χ4v) is 2.69. The molecule has 0 unspecified atom stereocenters. The van der Waals surface area contributed by atoms with Crippen molar-refractivity contribution in [1.82, 2.24) is 15.6 Å². The Labute approximate surface area is 110 Å². The molecule has 6 N–H and O–H groups in total. The molecule has 2 rings (SSSR count). The van der Waals surface area contributed by atoms with Crippen molar-refractivity contribution in [1.29, 1.82) is 0 Å². The zero-order valence-electron chi connectivity index (χ0n) is 10.1. The Bertz CT molecular complexity index is 415. The fourth-order valence-electron chi connectivity index (χ4n) is 1.74. The molecule has 1 amide bonds. The van der Waals surface area contributed by atoms with Gasteiger partial charge in [0.1, 0.15) is 10.7 Å². The molecule has 8 heteroatoms. The predicted octanol–water partition coefficient (Wildman–Crippen LogP) is -1.18. The van der Waals surface area contributed by atoms with Crippen molar-refractivity contribution in [2.75, 3.05) is 49.9 Å². The van der Waals surface area contributed by atoms with Gasteiger partial charge in [0, 0.05) is 39.3 Å². The molecule has 100 valence electrons. The SMILES string of the molecule is NCCNC(=O)c1sc(N2CCNCC2)nc1N. The van der Waals surface area contributed by atoms with E-state index in [2.05, 4.69) is 20.5 Å². The van der Waals surface area contributed by atoms with Gasteiger partial charge in [-0.25, -0.2) is 4.98 Å². The molecule has 1 aromatic heterocycles. The standard InChI is InChI=1S/C10H18N6OS/c11-1-2-14-9(17)7-8(12)15-10(18-7)16-5-3-13-4-6-16/h13H,1-6,11-12H2,(H,14,17). The van der Waals surface area contributed by atoms with Crippen LogP contribution < -0.4 is 27.0 Å². The minimum atomic E-state index is -0.197. The molecule has 1 aliphatic rings. The van der Waals surface area contributed by atoms with Crippen molar-refractivity contribution < 1.29 is 4.79 Å². The highest BCUT2D eigenvalue weighted by atomic mass is 32.1. The Morgan fingerprint density at radius 2 is 2.22 bits per heavy atom. The maximum atomic E-state index is 11.8. The third kappa shape index (κ3) is 2.89. The summed E-state index contributed by atoms with van der Waals surface area (Å²) in [6.45, 7) is 4.48. The molecule has 0 aliphatic carbocycles. The summed E-state index contributed by atoms with van der Waals surface area (Å²) in [6, 6.07) is 0. The normalized spacial score (nSPS) is 15.7. The number of anilines is 2. The lowest BCUT2D eigenvalue weighted by molar-refractivity contribution is 0.0959. The number of amides is 1. The molecule has 2 heterocycles. The quantitative estimate of drug-likeness (QED) is 0.548. The topological polar surface area (TPSA) is 109 Å². The second-order valence-electron chi connectivity index (χ2n) is 3.99. The van der Waals surface area contributed by atoms with E-state index in [1.807, 2.05) is 0 Å². The lowest BCUT2D eigenvalue weighted by Gasteiger charge is -2.26. The summed E-state index contributed by atoms with van der Waals surface area (Å²) in [5, 5.41) is 6.78. The van der Waals surface area contributed by atoms with Crippen LogP contribution in [-0.4, -0.2) is 50.2 Å². The van der Waals surface area contributed by atoms with E-state index >= 15 is 0 Å². The number of carbonyl (C=O) groups excluding carboxylic acids is 1. The van der Waals surface area contributed by atoms with E-state index in [0.29, 0.717) is 23.8 Å². The molecular weight excluding hydrogens is 252 g/mol. The molecule has 0 radical (unpaired) electrons. The summed E-state index contributed by atoms with van der Waals surface area (Å²) in [5.41, 5.74) is 11.1. The van der Waals surface area contributed by atoms with E-state index < -0.39 is 0 Å². The predicted molar refractivity (Wildman–Crippen MR) is 73.0 cm³/mol. The third-order valence-corrected chi connectivity index (χ3v) is 3.80. The number of nitrogens with one attached hydrogen (secondary N) is 2. The highest BCUT2D eigenvalue weighted by Gasteiger charge is 2.20. The highest BCUT2D eigenvalue weighted by molar-refractivity contribution is 7.18. The number of carbonyl (C=O) groups is 1. The first kappa shape index (κ1) is 13.1. The molecule has 0 spiro atoms. The molecular formula is C10H18N6OS. The van der Waals surface area contributed by atoms with Crippen LogP contribution in [0.3, 0.4) is 0 Å². The number of nitrogens with zero attached hydrogens (tertiary/aromatic N) is 2. The van der Waals surface area contributed by atoms with Crippen LogP contribution in [0.2, 0.25) is 0 Å². The molecule has 1 saturated heterocycles. The Hall–Kier alpha value is -1.38. The van der Waals surface area contributed by atoms with Crippen molar-refractivity contribution in [3.63, 3.8) is 0 Å². The summed E-state index contributed by atoms with van der Waals surface area (Å²) >= 11 is 1.33. The van der Waals surface area contributed by atoms with Gasteiger partial charge in [-0.15, -0.1) is 0 Å². The number of piperazine rings is 1. The van der Waals surface area contributed by atoms with Crippen molar-refractivity contribution in [2.24, 2.45) is 5.73 Å². The van der Waals surface area contributed by atoms with Crippen LogP contribution in [0.1, 0.15) is 9.67 Å². The van der Waals surface area contributed by atoms with E-state index in [0.717, 1.165) is 31.3 Å². The molecule has 18 heavy (non-hydrogen) atoms. The second kappa shape index (κ2) is 5.98. The first-order valence-corrected chi connectivity index (χ1v) is 6.74. The van der Waals surface area contributed by atoms with E-state index in [1.54, 1.807) is 0 Å². The zero-order valence-corrected chi connectivity index (χ0v) is 10.9. The molecule has 1 aliphatic heterocycles. The van der Waals surface area contributed by atoms with Gasteiger partial charge in [-0.3, -0.25) is 4.79 Å².